The molecular weight excluding hydrogens is 653 g/mol. The monoisotopic (exact) mass is 688 g/mol. The molecule has 0 radical (unpaired) electrons. The molecule has 9 aromatic carbocycles. The highest BCUT2D eigenvalue weighted by atomic mass is 15.1. The number of aromatic nitrogens is 1. The Bertz CT molecular complexity index is 2870. The first-order valence-corrected chi connectivity index (χ1v) is 18.5. The van der Waals surface area contributed by atoms with Gasteiger partial charge in [-0.3, -0.25) is 0 Å². The fourth-order valence-corrected chi connectivity index (χ4v) is 7.99. The van der Waals surface area contributed by atoms with Crippen LogP contribution in [-0.2, 0) is 0 Å². The van der Waals surface area contributed by atoms with E-state index in [0.717, 1.165) is 22.7 Å². The maximum absolute atomic E-state index is 2.39. The quantitative estimate of drug-likeness (QED) is 0.162. The molecule has 0 unspecified atom stereocenters. The fourth-order valence-electron chi connectivity index (χ4n) is 7.99. The van der Waals surface area contributed by atoms with E-state index in [2.05, 4.69) is 228 Å². The maximum Gasteiger partial charge on any atom is 0.0541 e. The Kier molecular flexibility index (Phi) is 7.85. The number of rotatable bonds is 7. The van der Waals surface area contributed by atoms with E-state index in [-0.39, 0.29) is 0 Å². The number of para-hydroxylation sites is 3. The van der Waals surface area contributed by atoms with Crippen molar-refractivity contribution in [1.29, 1.82) is 0 Å². The summed E-state index contributed by atoms with van der Waals surface area (Å²) >= 11 is 0. The molecule has 10 rings (SSSR count). The molecule has 0 N–H and O–H groups in total. The molecule has 2 heteroatoms. The van der Waals surface area contributed by atoms with Gasteiger partial charge in [-0.15, -0.1) is 0 Å². The maximum atomic E-state index is 2.39. The molecule has 0 saturated carbocycles. The van der Waals surface area contributed by atoms with Crippen LogP contribution in [0.15, 0.2) is 218 Å². The lowest BCUT2D eigenvalue weighted by atomic mass is 9.93. The zero-order valence-electron chi connectivity index (χ0n) is 29.7. The molecule has 10 aromatic rings. The van der Waals surface area contributed by atoms with Crippen LogP contribution in [0.25, 0.3) is 71.6 Å². The van der Waals surface area contributed by atoms with Gasteiger partial charge >= 0.3 is 0 Å². The molecule has 0 spiro atoms. The molecule has 1 aromatic heterocycles. The van der Waals surface area contributed by atoms with E-state index in [1.807, 2.05) is 0 Å². The van der Waals surface area contributed by atoms with Gasteiger partial charge in [0.05, 0.1) is 11.0 Å². The zero-order valence-corrected chi connectivity index (χ0v) is 29.7. The highest BCUT2D eigenvalue weighted by Crippen LogP contribution is 2.42. The minimum Gasteiger partial charge on any atom is -0.310 e. The third-order valence-corrected chi connectivity index (χ3v) is 10.6. The minimum absolute atomic E-state index is 1.10. The van der Waals surface area contributed by atoms with Crippen LogP contribution in [0.2, 0.25) is 0 Å². The first-order chi connectivity index (χ1) is 26.8. The number of hydrogen-bond donors (Lipinski definition) is 0. The van der Waals surface area contributed by atoms with Crippen molar-refractivity contribution in [3.05, 3.63) is 218 Å². The summed E-state index contributed by atoms with van der Waals surface area (Å²) < 4.78 is 2.39. The lowest BCUT2D eigenvalue weighted by Gasteiger charge is -2.27. The van der Waals surface area contributed by atoms with Crippen molar-refractivity contribution in [2.45, 2.75) is 0 Å². The van der Waals surface area contributed by atoms with Crippen LogP contribution in [0.1, 0.15) is 0 Å². The van der Waals surface area contributed by atoms with E-state index in [0.29, 0.717) is 0 Å². The second-order valence-corrected chi connectivity index (χ2v) is 13.8. The smallest absolute Gasteiger partial charge is 0.0541 e. The van der Waals surface area contributed by atoms with E-state index >= 15 is 0 Å². The van der Waals surface area contributed by atoms with Crippen molar-refractivity contribution < 1.29 is 0 Å². The van der Waals surface area contributed by atoms with E-state index in [1.165, 1.54) is 66.0 Å². The molecule has 0 aliphatic carbocycles. The van der Waals surface area contributed by atoms with Gasteiger partial charge < -0.3 is 9.47 Å². The Morgan fingerprint density at radius 1 is 0.296 bits per heavy atom. The van der Waals surface area contributed by atoms with Crippen molar-refractivity contribution in [2.75, 3.05) is 4.90 Å². The molecule has 0 amide bonds. The lowest BCUT2D eigenvalue weighted by molar-refractivity contribution is 1.18. The third kappa shape index (κ3) is 5.62. The summed E-state index contributed by atoms with van der Waals surface area (Å²) in [7, 11) is 0. The summed E-state index contributed by atoms with van der Waals surface area (Å²) in [5.74, 6) is 0. The first kappa shape index (κ1) is 31.6. The molecule has 2 nitrogen and oxygen atoms in total. The molecular formula is C52H36N2. The molecule has 0 atom stereocenters. The SMILES string of the molecule is c1ccc(-c2cc(N(c3ccccc3)c3ccc(-c4ccc5ccccc5c4)cc3)ccc2-c2cccc(-n3c4ccccc4c4ccccc43)c2)cc1. The van der Waals surface area contributed by atoms with Crippen molar-refractivity contribution >= 4 is 49.6 Å². The van der Waals surface area contributed by atoms with Crippen LogP contribution in [-0.4, -0.2) is 4.57 Å². The molecule has 1 heterocycles. The lowest BCUT2D eigenvalue weighted by Crippen LogP contribution is -2.10. The fraction of sp³-hybridized carbons (Fsp3) is 0. The topological polar surface area (TPSA) is 8.17 Å². The Labute approximate surface area is 315 Å². The van der Waals surface area contributed by atoms with Gasteiger partial charge in [0.2, 0.25) is 0 Å². The van der Waals surface area contributed by atoms with Crippen LogP contribution in [0, 0.1) is 0 Å². The second kappa shape index (κ2) is 13.4. The summed E-state index contributed by atoms with van der Waals surface area (Å²) in [6.45, 7) is 0. The highest BCUT2D eigenvalue weighted by Gasteiger charge is 2.18. The molecule has 54 heavy (non-hydrogen) atoms. The van der Waals surface area contributed by atoms with E-state index in [1.54, 1.807) is 0 Å². The highest BCUT2D eigenvalue weighted by molar-refractivity contribution is 6.09. The summed E-state index contributed by atoms with van der Waals surface area (Å²) in [6.07, 6.45) is 0. The van der Waals surface area contributed by atoms with E-state index < -0.39 is 0 Å². The van der Waals surface area contributed by atoms with Crippen LogP contribution >= 0.6 is 0 Å². The number of hydrogen-bond acceptors (Lipinski definition) is 1. The molecule has 0 aliphatic rings. The van der Waals surface area contributed by atoms with Gasteiger partial charge in [-0.05, 0) is 111 Å². The Morgan fingerprint density at radius 2 is 0.870 bits per heavy atom. The van der Waals surface area contributed by atoms with Gasteiger partial charge in [0, 0.05) is 33.5 Å². The predicted octanol–water partition coefficient (Wildman–Crippen LogP) is 14.4. The molecule has 0 saturated heterocycles. The minimum atomic E-state index is 1.10. The molecule has 0 aliphatic heterocycles. The summed E-state index contributed by atoms with van der Waals surface area (Å²) in [5.41, 5.74) is 14.0. The van der Waals surface area contributed by atoms with Crippen LogP contribution in [0.3, 0.4) is 0 Å². The van der Waals surface area contributed by atoms with Crippen molar-refractivity contribution in [3.63, 3.8) is 0 Å². The Balaban J connectivity index is 1.10. The number of anilines is 3. The zero-order chi connectivity index (χ0) is 35.8. The van der Waals surface area contributed by atoms with Gasteiger partial charge in [0.1, 0.15) is 0 Å². The number of fused-ring (bicyclic) bond motifs is 4. The van der Waals surface area contributed by atoms with Crippen LogP contribution in [0.5, 0.6) is 0 Å². The standard InChI is InChI=1S/C52H36N2/c1-3-15-39(16-4-1)50-36-46(32-33-47(50)42-18-13-21-45(35-42)54-51-24-11-9-22-48(51)49-23-10-12-25-52(49)54)53(43-19-5-2-6-20-43)44-30-28-38(29-31-44)41-27-26-37-14-7-8-17-40(37)34-41/h1-36H. The molecule has 0 fully saturated rings. The third-order valence-electron chi connectivity index (χ3n) is 10.6. The van der Waals surface area contributed by atoms with Gasteiger partial charge in [0.15, 0.2) is 0 Å². The van der Waals surface area contributed by atoms with Crippen LogP contribution in [0.4, 0.5) is 17.1 Å². The Hall–Kier alpha value is -7.16. The van der Waals surface area contributed by atoms with Gasteiger partial charge in [-0.2, -0.15) is 0 Å². The summed E-state index contributed by atoms with van der Waals surface area (Å²) in [6, 6.07) is 78.9. The molecule has 254 valence electrons. The predicted molar refractivity (Wildman–Crippen MR) is 229 cm³/mol. The van der Waals surface area contributed by atoms with Crippen molar-refractivity contribution in [1.82, 2.24) is 4.57 Å². The average Bonchev–Trinajstić information content (AvgIpc) is 3.59. The van der Waals surface area contributed by atoms with Crippen molar-refractivity contribution in [3.8, 4) is 39.1 Å². The Morgan fingerprint density at radius 3 is 1.61 bits per heavy atom. The van der Waals surface area contributed by atoms with Crippen molar-refractivity contribution in [2.24, 2.45) is 0 Å². The van der Waals surface area contributed by atoms with Gasteiger partial charge in [-0.25, -0.2) is 0 Å². The first-order valence-electron chi connectivity index (χ1n) is 18.5. The van der Waals surface area contributed by atoms with Gasteiger partial charge in [-0.1, -0.05) is 152 Å². The molecule has 0 bridgehead atoms. The normalized spacial score (nSPS) is 11.3. The summed E-state index contributed by atoms with van der Waals surface area (Å²) in [5, 5.41) is 5.03. The van der Waals surface area contributed by atoms with E-state index in [4.69, 9.17) is 0 Å². The van der Waals surface area contributed by atoms with E-state index in [9.17, 15) is 0 Å². The average molecular weight is 689 g/mol. The second-order valence-electron chi connectivity index (χ2n) is 13.8. The summed E-state index contributed by atoms with van der Waals surface area (Å²) in [4.78, 5) is 2.36. The van der Waals surface area contributed by atoms with Gasteiger partial charge in [0.25, 0.3) is 0 Å². The van der Waals surface area contributed by atoms with Crippen LogP contribution < -0.4 is 4.90 Å². The largest absolute Gasteiger partial charge is 0.310 e. The number of benzene rings is 9. The number of nitrogens with zero attached hydrogens (tertiary/aromatic N) is 2.